The van der Waals surface area contributed by atoms with Crippen molar-refractivity contribution in [3.63, 3.8) is 0 Å². The summed E-state index contributed by atoms with van der Waals surface area (Å²) in [5.41, 5.74) is -1.26. The van der Waals surface area contributed by atoms with Gasteiger partial charge in [-0.25, -0.2) is 8.78 Å². The number of nitriles is 2. The smallest absolute Gasteiger partial charge is 0.235 e. The van der Waals surface area contributed by atoms with Crippen molar-refractivity contribution in [1.82, 2.24) is 10.6 Å². The monoisotopic (exact) mass is 408 g/mol. The van der Waals surface area contributed by atoms with Gasteiger partial charge in [-0.15, -0.1) is 0 Å². The standard InChI is InChI=1S/C22H18F2N4O2/c23-18-14(10-25)4-1-6-16(18)12-27-20(29)22(8-3-9-22)21(30)28-13-17-7-2-5-15(11-26)19(17)24/h1-2,4-7H,3,8-9,12-13H2,(H,27,29)(H,28,30). The second kappa shape index (κ2) is 8.71. The molecule has 0 bridgehead atoms. The van der Waals surface area contributed by atoms with E-state index in [2.05, 4.69) is 10.6 Å². The molecule has 0 heterocycles. The summed E-state index contributed by atoms with van der Waals surface area (Å²) in [6.45, 7) is -0.317. The molecule has 2 amide bonds. The van der Waals surface area contributed by atoms with Gasteiger partial charge in [-0.3, -0.25) is 9.59 Å². The zero-order valence-electron chi connectivity index (χ0n) is 16.0. The lowest BCUT2D eigenvalue weighted by molar-refractivity contribution is -0.149. The molecule has 1 aliphatic carbocycles. The SMILES string of the molecule is N#Cc1cccc(CNC(=O)C2(C(=O)NCc3cccc(C#N)c3F)CCC2)c1F. The Morgan fingerprint density at radius 2 is 1.30 bits per heavy atom. The van der Waals surface area contributed by atoms with Crippen molar-refractivity contribution in [2.75, 3.05) is 0 Å². The lowest BCUT2D eigenvalue weighted by Gasteiger charge is -2.38. The van der Waals surface area contributed by atoms with Gasteiger partial charge in [-0.2, -0.15) is 10.5 Å². The Bertz CT molecular complexity index is 1000. The molecule has 0 spiro atoms. The summed E-state index contributed by atoms with van der Waals surface area (Å²) < 4.78 is 28.3. The Hall–Kier alpha value is -3.78. The number of rotatable bonds is 6. The molecule has 0 unspecified atom stereocenters. The summed E-state index contributed by atoms with van der Waals surface area (Å²) in [7, 11) is 0. The molecular weight excluding hydrogens is 390 g/mol. The maximum absolute atomic E-state index is 14.2. The highest BCUT2D eigenvalue weighted by atomic mass is 19.1. The van der Waals surface area contributed by atoms with Gasteiger partial charge < -0.3 is 10.6 Å². The molecule has 3 rings (SSSR count). The van der Waals surface area contributed by atoms with Crippen LogP contribution in [0.2, 0.25) is 0 Å². The van der Waals surface area contributed by atoms with E-state index in [1.165, 1.54) is 36.4 Å². The van der Waals surface area contributed by atoms with Crippen LogP contribution in [-0.4, -0.2) is 11.8 Å². The number of benzene rings is 2. The average molecular weight is 408 g/mol. The minimum Gasteiger partial charge on any atom is -0.351 e. The molecule has 2 aromatic carbocycles. The summed E-state index contributed by atoms with van der Waals surface area (Å²) >= 11 is 0. The molecule has 2 N–H and O–H groups in total. The largest absolute Gasteiger partial charge is 0.351 e. The lowest BCUT2D eigenvalue weighted by Crippen LogP contribution is -2.55. The van der Waals surface area contributed by atoms with Gasteiger partial charge in [0.25, 0.3) is 0 Å². The molecule has 6 nitrogen and oxygen atoms in total. The Labute approximate surface area is 172 Å². The molecule has 1 aliphatic rings. The van der Waals surface area contributed by atoms with Crippen molar-refractivity contribution in [1.29, 1.82) is 10.5 Å². The van der Waals surface area contributed by atoms with E-state index in [0.29, 0.717) is 19.3 Å². The number of carbonyl (C=O) groups is 2. The fraction of sp³-hybridized carbons (Fsp3) is 0.273. The second-order valence-corrected chi connectivity index (χ2v) is 7.08. The van der Waals surface area contributed by atoms with Crippen molar-refractivity contribution >= 4 is 11.8 Å². The Morgan fingerprint density at radius 3 is 1.63 bits per heavy atom. The van der Waals surface area contributed by atoms with Crippen molar-refractivity contribution in [2.45, 2.75) is 32.4 Å². The minimum absolute atomic E-state index is 0.125. The highest BCUT2D eigenvalue weighted by Crippen LogP contribution is 2.41. The van der Waals surface area contributed by atoms with Crippen LogP contribution in [0.25, 0.3) is 0 Å². The topological polar surface area (TPSA) is 106 Å². The van der Waals surface area contributed by atoms with E-state index in [4.69, 9.17) is 10.5 Å². The number of carbonyl (C=O) groups excluding carboxylic acids is 2. The summed E-state index contributed by atoms with van der Waals surface area (Å²) in [4.78, 5) is 25.5. The van der Waals surface area contributed by atoms with Crippen LogP contribution in [0.15, 0.2) is 36.4 Å². The molecule has 0 aliphatic heterocycles. The highest BCUT2D eigenvalue weighted by molar-refractivity contribution is 6.05. The summed E-state index contributed by atoms with van der Waals surface area (Å²) in [5, 5.41) is 23.0. The van der Waals surface area contributed by atoms with Crippen LogP contribution in [0.4, 0.5) is 8.78 Å². The van der Waals surface area contributed by atoms with E-state index in [9.17, 15) is 18.4 Å². The van der Waals surface area contributed by atoms with E-state index in [-0.39, 0.29) is 35.3 Å². The first-order chi connectivity index (χ1) is 14.4. The van der Waals surface area contributed by atoms with E-state index >= 15 is 0 Å². The van der Waals surface area contributed by atoms with E-state index < -0.39 is 28.9 Å². The Morgan fingerprint density at radius 1 is 0.867 bits per heavy atom. The van der Waals surface area contributed by atoms with E-state index in [0.717, 1.165) is 0 Å². The van der Waals surface area contributed by atoms with Crippen molar-refractivity contribution in [3.05, 3.63) is 70.3 Å². The molecule has 0 saturated heterocycles. The molecule has 30 heavy (non-hydrogen) atoms. The van der Waals surface area contributed by atoms with Crippen LogP contribution in [0.3, 0.4) is 0 Å². The number of nitrogens with one attached hydrogen (secondary N) is 2. The van der Waals surface area contributed by atoms with Gasteiger partial charge in [0.05, 0.1) is 11.1 Å². The Kier molecular flexibility index (Phi) is 6.08. The van der Waals surface area contributed by atoms with E-state index in [1.807, 2.05) is 0 Å². The van der Waals surface area contributed by atoms with Gasteiger partial charge in [-0.05, 0) is 25.0 Å². The Balaban J connectivity index is 1.67. The van der Waals surface area contributed by atoms with Gasteiger partial charge in [0.15, 0.2) is 0 Å². The molecule has 1 fully saturated rings. The van der Waals surface area contributed by atoms with Crippen LogP contribution in [0.1, 0.15) is 41.5 Å². The summed E-state index contributed by atoms with van der Waals surface area (Å²) in [5.74, 6) is -2.50. The number of hydrogen-bond donors (Lipinski definition) is 2. The predicted octanol–water partition coefficient (Wildman–Crippen LogP) is 2.81. The number of nitrogens with zero attached hydrogens (tertiary/aromatic N) is 2. The molecule has 0 radical (unpaired) electrons. The highest BCUT2D eigenvalue weighted by Gasteiger charge is 2.50. The average Bonchev–Trinajstić information content (AvgIpc) is 2.71. The van der Waals surface area contributed by atoms with Gasteiger partial charge in [-0.1, -0.05) is 30.7 Å². The second-order valence-electron chi connectivity index (χ2n) is 7.08. The number of halogens is 2. The normalized spacial score (nSPS) is 14.0. The third kappa shape index (κ3) is 3.85. The third-order valence-corrected chi connectivity index (χ3v) is 5.35. The molecule has 1 saturated carbocycles. The molecule has 2 aromatic rings. The predicted molar refractivity (Wildman–Crippen MR) is 102 cm³/mol. The molecule has 0 aromatic heterocycles. The lowest BCUT2D eigenvalue weighted by atomic mass is 9.67. The molecule has 152 valence electrons. The van der Waals surface area contributed by atoms with Gasteiger partial charge in [0.2, 0.25) is 11.8 Å². The van der Waals surface area contributed by atoms with Gasteiger partial charge in [0, 0.05) is 24.2 Å². The zero-order chi connectivity index (χ0) is 21.7. The minimum atomic E-state index is -1.30. The number of hydrogen-bond acceptors (Lipinski definition) is 4. The van der Waals surface area contributed by atoms with Crippen LogP contribution in [0.5, 0.6) is 0 Å². The quantitative estimate of drug-likeness (QED) is 0.717. The van der Waals surface area contributed by atoms with Gasteiger partial charge in [0.1, 0.15) is 29.2 Å². The van der Waals surface area contributed by atoms with Crippen LogP contribution in [0, 0.1) is 39.7 Å². The molecule has 0 atom stereocenters. The zero-order valence-corrected chi connectivity index (χ0v) is 16.0. The fourth-order valence-corrected chi connectivity index (χ4v) is 3.38. The summed E-state index contributed by atoms with van der Waals surface area (Å²) in [6.07, 6.45) is 1.33. The number of amides is 2. The first-order valence-electron chi connectivity index (χ1n) is 9.34. The molecule has 8 heteroatoms. The first-order valence-corrected chi connectivity index (χ1v) is 9.34. The van der Waals surface area contributed by atoms with Crippen molar-refractivity contribution in [3.8, 4) is 12.1 Å². The van der Waals surface area contributed by atoms with Crippen molar-refractivity contribution < 1.29 is 18.4 Å². The fourth-order valence-electron chi connectivity index (χ4n) is 3.38. The van der Waals surface area contributed by atoms with Crippen LogP contribution >= 0.6 is 0 Å². The first kappa shape index (κ1) is 20.9. The van der Waals surface area contributed by atoms with Crippen molar-refractivity contribution in [2.24, 2.45) is 5.41 Å². The maximum Gasteiger partial charge on any atom is 0.235 e. The molecular formula is C22H18F2N4O2. The van der Waals surface area contributed by atoms with Gasteiger partial charge >= 0.3 is 0 Å². The van der Waals surface area contributed by atoms with Crippen LogP contribution in [-0.2, 0) is 22.7 Å². The summed E-state index contributed by atoms with van der Waals surface area (Å²) in [6, 6.07) is 12.1. The maximum atomic E-state index is 14.2. The van der Waals surface area contributed by atoms with Crippen LogP contribution < -0.4 is 10.6 Å². The third-order valence-electron chi connectivity index (χ3n) is 5.35. The van der Waals surface area contributed by atoms with E-state index in [1.54, 1.807) is 12.1 Å².